The molecule has 1 aliphatic heterocycles. The molecule has 1 N–H and O–H groups in total. The Kier molecular flexibility index (Phi) is 7.24. The Bertz CT molecular complexity index is 883. The SMILES string of the molecule is C[C@H](CO)N1C[C@H](C)[C@@H](CN(C)C)Oc2ncc(/C=C/c3ccccc3)cc2C1=O. The van der Waals surface area contributed by atoms with Crippen LogP contribution in [0.3, 0.4) is 0 Å². The first-order chi connectivity index (χ1) is 14.4. The fourth-order valence-corrected chi connectivity index (χ4v) is 3.54. The molecule has 1 aromatic heterocycles. The van der Waals surface area contributed by atoms with E-state index in [1.165, 1.54) is 0 Å². The zero-order valence-electron chi connectivity index (χ0n) is 18.2. The van der Waals surface area contributed by atoms with Crippen LogP contribution in [-0.2, 0) is 0 Å². The fraction of sp³-hybridized carbons (Fsp3) is 0.417. The highest BCUT2D eigenvalue weighted by atomic mass is 16.5. The number of pyridine rings is 1. The average Bonchev–Trinajstić information content (AvgIpc) is 2.74. The molecular formula is C24H31N3O3. The van der Waals surface area contributed by atoms with E-state index in [1.807, 2.05) is 69.6 Å². The van der Waals surface area contributed by atoms with Gasteiger partial charge in [-0.1, -0.05) is 49.4 Å². The number of benzene rings is 1. The summed E-state index contributed by atoms with van der Waals surface area (Å²) in [7, 11) is 4.00. The minimum atomic E-state index is -0.283. The monoisotopic (exact) mass is 409 g/mol. The number of likely N-dealkylation sites (N-methyl/N-ethyl adjacent to an activating group) is 1. The minimum Gasteiger partial charge on any atom is -0.472 e. The molecular weight excluding hydrogens is 378 g/mol. The van der Waals surface area contributed by atoms with Crippen molar-refractivity contribution in [2.24, 2.45) is 5.92 Å². The molecule has 6 heteroatoms. The van der Waals surface area contributed by atoms with Crippen LogP contribution in [0.5, 0.6) is 5.88 Å². The van der Waals surface area contributed by atoms with E-state index < -0.39 is 0 Å². The van der Waals surface area contributed by atoms with Gasteiger partial charge in [0.05, 0.1) is 12.6 Å². The molecule has 6 nitrogen and oxygen atoms in total. The van der Waals surface area contributed by atoms with E-state index in [9.17, 15) is 9.90 Å². The fourth-order valence-electron chi connectivity index (χ4n) is 3.54. The quantitative estimate of drug-likeness (QED) is 0.794. The molecule has 30 heavy (non-hydrogen) atoms. The van der Waals surface area contributed by atoms with Gasteiger partial charge in [0.15, 0.2) is 0 Å². The van der Waals surface area contributed by atoms with Crippen molar-refractivity contribution in [2.45, 2.75) is 26.0 Å². The second-order valence-corrected chi connectivity index (χ2v) is 8.25. The molecule has 2 aromatic rings. The lowest BCUT2D eigenvalue weighted by Gasteiger charge is -2.37. The van der Waals surface area contributed by atoms with Crippen LogP contribution in [0.1, 0.15) is 35.3 Å². The lowest BCUT2D eigenvalue weighted by molar-refractivity contribution is 0.0348. The average molecular weight is 410 g/mol. The zero-order valence-corrected chi connectivity index (χ0v) is 18.2. The second-order valence-electron chi connectivity index (χ2n) is 8.25. The van der Waals surface area contributed by atoms with Gasteiger partial charge in [0.1, 0.15) is 11.7 Å². The van der Waals surface area contributed by atoms with Gasteiger partial charge in [0.25, 0.3) is 5.91 Å². The van der Waals surface area contributed by atoms with Gasteiger partial charge in [-0.25, -0.2) is 4.98 Å². The molecule has 1 aromatic carbocycles. The molecule has 0 fully saturated rings. The van der Waals surface area contributed by atoms with Crippen LogP contribution in [-0.4, -0.2) is 71.7 Å². The first-order valence-electron chi connectivity index (χ1n) is 10.4. The van der Waals surface area contributed by atoms with Crippen molar-refractivity contribution in [2.75, 3.05) is 33.8 Å². The number of carbonyl (C=O) groups excluding carboxylic acids is 1. The summed E-state index contributed by atoms with van der Waals surface area (Å²) in [4.78, 5) is 21.7. The van der Waals surface area contributed by atoms with Crippen molar-refractivity contribution < 1.29 is 14.6 Å². The number of rotatable bonds is 6. The van der Waals surface area contributed by atoms with Gasteiger partial charge < -0.3 is 19.6 Å². The van der Waals surface area contributed by atoms with Gasteiger partial charge in [-0.3, -0.25) is 4.79 Å². The topological polar surface area (TPSA) is 65.9 Å². The Morgan fingerprint density at radius 3 is 2.63 bits per heavy atom. The largest absolute Gasteiger partial charge is 0.472 e. The predicted molar refractivity (Wildman–Crippen MR) is 119 cm³/mol. The third-order valence-electron chi connectivity index (χ3n) is 5.36. The number of carbonyl (C=O) groups is 1. The van der Waals surface area contributed by atoms with E-state index in [0.717, 1.165) is 11.1 Å². The maximum atomic E-state index is 13.4. The summed E-state index contributed by atoms with van der Waals surface area (Å²) in [6.45, 7) is 5.07. The van der Waals surface area contributed by atoms with Crippen LogP contribution < -0.4 is 4.74 Å². The molecule has 3 rings (SSSR count). The van der Waals surface area contributed by atoms with Crippen LogP contribution >= 0.6 is 0 Å². The maximum Gasteiger partial charge on any atom is 0.259 e. The number of aliphatic hydroxyl groups is 1. The first kappa shape index (κ1) is 22.0. The van der Waals surface area contributed by atoms with Crippen LogP contribution in [0.2, 0.25) is 0 Å². The van der Waals surface area contributed by atoms with E-state index in [4.69, 9.17) is 4.74 Å². The molecule has 1 amide bonds. The van der Waals surface area contributed by atoms with Crippen molar-refractivity contribution in [3.8, 4) is 5.88 Å². The summed E-state index contributed by atoms with van der Waals surface area (Å²) in [6, 6.07) is 11.5. The summed E-state index contributed by atoms with van der Waals surface area (Å²) in [6.07, 6.45) is 5.54. The van der Waals surface area contributed by atoms with Gasteiger partial charge in [-0.15, -0.1) is 0 Å². The van der Waals surface area contributed by atoms with E-state index >= 15 is 0 Å². The summed E-state index contributed by atoms with van der Waals surface area (Å²) in [5.41, 5.74) is 2.33. The first-order valence-corrected chi connectivity index (χ1v) is 10.4. The van der Waals surface area contributed by atoms with E-state index in [-0.39, 0.29) is 30.6 Å². The molecule has 0 saturated carbocycles. The highest BCUT2D eigenvalue weighted by Crippen LogP contribution is 2.27. The number of hydrogen-bond donors (Lipinski definition) is 1. The van der Waals surface area contributed by atoms with Crippen molar-refractivity contribution in [1.82, 2.24) is 14.8 Å². The molecule has 0 aliphatic carbocycles. The lowest BCUT2D eigenvalue weighted by atomic mass is 10.00. The molecule has 3 atom stereocenters. The highest BCUT2D eigenvalue weighted by Gasteiger charge is 2.33. The van der Waals surface area contributed by atoms with Gasteiger partial charge in [0, 0.05) is 25.2 Å². The Morgan fingerprint density at radius 2 is 1.97 bits per heavy atom. The van der Waals surface area contributed by atoms with E-state index in [2.05, 4.69) is 16.8 Å². The van der Waals surface area contributed by atoms with Crippen LogP contribution in [0.25, 0.3) is 12.2 Å². The highest BCUT2D eigenvalue weighted by molar-refractivity contribution is 5.97. The number of aliphatic hydroxyl groups excluding tert-OH is 1. The predicted octanol–water partition coefficient (Wildman–Crippen LogP) is 3.03. The molecule has 0 unspecified atom stereocenters. The van der Waals surface area contributed by atoms with E-state index in [0.29, 0.717) is 24.5 Å². The number of ether oxygens (including phenoxy) is 1. The minimum absolute atomic E-state index is 0.0893. The zero-order chi connectivity index (χ0) is 21.7. The van der Waals surface area contributed by atoms with E-state index in [1.54, 1.807) is 11.1 Å². The Morgan fingerprint density at radius 1 is 1.27 bits per heavy atom. The second kappa shape index (κ2) is 9.87. The van der Waals surface area contributed by atoms with Crippen molar-refractivity contribution in [3.05, 3.63) is 59.3 Å². The van der Waals surface area contributed by atoms with Crippen molar-refractivity contribution in [3.63, 3.8) is 0 Å². The summed E-state index contributed by atoms with van der Waals surface area (Å²) in [5.74, 6) is 0.285. The number of nitrogens with zero attached hydrogens (tertiary/aromatic N) is 3. The molecule has 1 aliphatic rings. The van der Waals surface area contributed by atoms with Crippen molar-refractivity contribution in [1.29, 1.82) is 0 Å². The number of hydrogen-bond acceptors (Lipinski definition) is 5. The Balaban J connectivity index is 1.98. The third-order valence-corrected chi connectivity index (χ3v) is 5.36. The summed E-state index contributed by atoms with van der Waals surface area (Å²) >= 11 is 0. The number of aromatic nitrogens is 1. The Hall–Kier alpha value is -2.70. The number of fused-ring (bicyclic) bond motifs is 1. The molecule has 0 spiro atoms. The molecule has 0 saturated heterocycles. The van der Waals surface area contributed by atoms with Crippen molar-refractivity contribution >= 4 is 18.1 Å². The molecule has 160 valence electrons. The Labute approximate surface area is 178 Å². The molecule has 0 radical (unpaired) electrons. The third kappa shape index (κ3) is 5.26. The van der Waals surface area contributed by atoms with Gasteiger partial charge in [-0.05, 0) is 38.2 Å². The molecule has 2 heterocycles. The number of amides is 1. The molecule has 0 bridgehead atoms. The summed E-state index contributed by atoms with van der Waals surface area (Å²) in [5, 5.41) is 9.72. The van der Waals surface area contributed by atoms with Crippen LogP contribution in [0, 0.1) is 5.92 Å². The maximum absolute atomic E-state index is 13.4. The standard InChI is InChI=1S/C24H31N3O3/c1-17-14-27(18(2)16-28)24(29)21-12-20(11-10-19-8-6-5-7-9-19)13-25-23(21)30-22(17)15-26(3)4/h5-13,17-18,22,28H,14-16H2,1-4H3/b11-10+/t17-,18+,22+/m0/s1. The van der Waals surface area contributed by atoms with Gasteiger partial charge in [-0.2, -0.15) is 0 Å². The lowest BCUT2D eigenvalue weighted by Crippen LogP contribution is -2.49. The smallest absolute Gasteiger partial charge is 0.259 e. The van der Waals surface area contributed by atoms with Crippen LogP contribution in [0.4, 0.5) is 0 Å². The van der Waals surface area contributed by atoms with Crippen LogP contribution in [0.15, 0.2) is 42.6 Å². The van der Waals surface area contributed by atoms with Gasteiger partial charge >= 0.3 is 0 Å². The summed E-state index contributed by atoms with van der Waals surface area (Å²) < 4.78 is 6.22. The normalized spacial score (nSPS) is 20.6. The van der Waals surface area contributed by atoms with Gasteiger partial charge in [0.2, 0.25) is 5.88 Å².